The lowest BCUT2D eigenvalue weighted by Crippen LogP contribution is -2.28. The summed E-state index contributed by atoms with van der Waals surface area (Å²) in [6, 6.07) is 18.1. The van der Waals surface area contributed by atoms with Gasteiger partial charge in [-0.2, -0.15) is 0 Å². The highest BCUT2D eigenvalue weighted by atomic mass is 16.5. The number of amides is 2. The zero-order chi connectivity index (χ0) is 23.5. The maximum absolute atomic E-state index is 12.7. The number of imidazole rings is 1. The van der Waals surface area contributed by atoms with Gasteiger partial charge in [-0.15, -0.1) is 0 Å². The highest BCUT2D eigenvalue weighted by Gasteiger charge is 2.35. The molecule has 1 aliphatic rings. The van der Waals surface area contributed by atoms with Crippen molar-refractivity contribution in [3.63, 3.8) is 0 Å². The number of nitrogens with zero attached hydrogens (tertiary/aromatic N) is 5. The minimum Gasteiger partial charge on any atom is -0.439 e. The molecular formula is C25H22N6O3. The summed E-state index contributed by atoms with van der Waals surface area (Å²) in [6.07, 6.45) is 5.14. The minimum atomic E-state index is -0.408. The fraction of sp³-hybridized carbons (Fsp3) is 0.160. The van der Waals surface area contributed by atoms with Gasteiger partial charge in [0.15, 0.2) is 0 Å². The van der Waals surface area contributed by atoms with Crippen LogP contribution in [0.2, 0.25) is 0 Å². The van der Waals surface area contributed by atoms with Crippen molar-refractivity contribution in [3.05, 3.63) is 85.2 Å². The Hall–Kier alpha value is -4.53. The third-order valence-corrected chi connectivity index (χ3v) is 5.61. The van der Waals surface area contributed by atoms with Crippen molar-refractivity contribution >= 4 is 23.2 Å². The van der Waals surface area contributed by atoms with Crippen LogP contribution in [0.1, 0.15) is 12.2 Å². The summed E-state index contributed by atoms with van der Waals surface area (Å²) < 4.78 is 7.68. The first-order chi connectivity index (χ1) is 16.6. The molecule has 1 saturated heterocycles. The van der Waals surface area contributed by atoms with Crippen LogP contribution in [-0.4, -0.2) is 37.9 Å². The van der Waals surface area contributed by atoms with Crippen LogP contribution in [0.5, 0.6) is 11.6 Å². The lowest BCUT2D eigenvalue weighted by molar-refractivity contribution is -0.122. The van der Waals surface area contributed by atoms with Crippen LogP contribution in [0.4, 0.5) is 11.4 Å². The predicted molar refractivity (Wildman–Crippen MR) is 126 cm³/mol. The van der Waals surface area contributed by atoms with Gasteiger partial charge in [0.05, 0.1) is 5.92 Å². The Morgan fingerprint density at radius 3 is 2.59 bits per heavy atom. The fourth-order valence-corrected chi connectivity index (χ4v) is 3.85. The third kappa shape index (κ3) is 4.49. The summed E-state index contributed by atoms with van der Waals surface area (Å²) in [4.78, 5) is 39.4. The molecule has 2 amide bonds. The quantitative estimate of drug-likeness (QED) is 0.476. The molecular weight excluding hydrogens is 432 g/mol. The molecule has 4 aromatic rings. The second-order valence-electron chi connectivity index (χ2n) is 7.92. The number of rotatable bonds is 6. The molecule has 1 atom stereocenters. The van der Waals surface area contributed by atoms with E-state index in [1.165, 1.54) is 6.33 Å². The van der Waals surface area contributed by atoms with E-state index in [0.29, 0.717) is 29.7 Å². The van der Waals surface area contributed by atoms with E-state index in [9.17, 15) is 9.59 Å². The third-order valence-electron chi connectivity index (χ3n) is 5.61. The zero-order valence-corrected chi connectivity index (χ0v) is 18.5. The molecule has 170 valence electrons. The molecule has 34 heavy (non-hydrogen) atoms. The van der Waals surface area contributed by atoms with Crippen molar-refractivity contribution in [2.45, 2.75) is 13.3 Å². The number of carbonyl (C=O) groups excluding carboxylic acids is 2. The summed E-state index contributed by atoms with van der Waals surface area (Å²) in [7, 11) is 0. The van der Waals surface area contributed by atoms with Crippen molar-refractivity contribution in [3.8, 4) is 17.4 Å². The normalized spacial score (nSPS) is 15.4. The van der Waals surface area contributed by atoms with Gasteiger partial charge < -0.3 is 15.0 Å². The number of para-hydroxylation sites is 1. The van der Waals surface area contributed by atoms with E-state index in [2.05, 4.69) is 20.3 Å². The molecule has 9 nitrogen and oxygen atoms in total. The van der Waals surface area contributed by atoms with E-state index < -0.39 is 5.92 Å². The van der Waals surface area contributed by atoms with Crippen LogP contribution in [0.25, 0.3) is 5.82 Å². The lowest BCUT2D eigenvalue weighted by atomic mass is 10.1. The first-order valence-corrected chi connectivity index (χ1v) is 10.8. The molecule has 2 aromatic heterocycles. The molecule has 3 heterocycles. The molecule has 9 heteroatoms. The maximum atomic E-state index is 12.7. The average Bonchev–Trinajstić information content (AvgIpc) is 3.46. The van der Waals surface area contributed by atoms with E-state index in [-0.39, 0.29) is 18.2 Å². The van der Waals surface area contributed by atoms with Crippen LogP contribution in [0.15, 0.2) is 79.4 Å². The molecule has 1 unspecified atom stereocenters. The molecule has 0 spiro atoms. The molecule has 1 fully saturated rings. The van der Waals surface area contributed by atoms with Crippen LogP contribution in [0, 0.1) is 12.8 Å². The SMILES string of the molecule is Cc1nccn1-c1cc(Oc2ccc(NC(=O)C3CC(=O)N(c4ccccc4)C3)cc2)ncn1. The zero-order valence-electron chi connectivity index (χ0n) is 18.5. The highest BCUT2D eigenvalue weighted by Crippen LogP contribution is 2.27. The number of anilines is 2. The standard InChI is InChI=1S/C25H22N6O3/c1-17-26-11-12-30(17)22-14-23(28-16-27-22)34-21-9-7-19(8-10-21)29-25(33)18-13-24(32)31(15-18)20-5-3-2-4-6-20/h2-12,14,16,18H,13,15H2,1H3,(H,29,33). The Labute approximate surface area is 196 Å². The van der Waals surface area contributed by atoms with Crippen molar-refractivity contribution in [1.82, 2.24) is 19.5 Å². The summed E-state index contributed by atoms with van der Waals surface area (Å²) >= 11 is 0. The van der Waals surface area contributed by atoms with Crippen LogP contribution >= 0.6 is 0 Å². The Kier molecular flexibility index (Phi) is 5.73. The lowest BCUT2D eigenvalue weighted by Gasteiger charge is -2.16. The van der Waals surface area contributed by atoms with Crippen molar-refractivity contribution in [2.24, 2.45) is 5.92 Å². The first kappa shape index (κ1) is 21.3. The summed E-state index contributed by atoms with van der Waals surface area (Å²) in [5.41, 5.74) is 1.43. The van der Waals surface area contributed by atoms with Gasteiger partial charge in [0.1, 0.15) is 23.7 Å². The first-order valence-electron chi connectivity index (χ1n) is 10.8. The number of benzene rings is 2. The minimum absolute atomic E-state index is 0.0507. The van der Waals surface area contributed by atoms with Gasteiger partial charge in [-0.3, -0.25) is 14.2 Å². The molecule has 0 aliphatic carbocycles. The molecule has 0 bridgehead atoms. The van der Waals surface area contributed by atoms with Gasteiger partial charge in [0.25, 0.3) is 0 Å². The monoisotopic (exact) mass is 454 g/mol. The van der Waals surface area contributed by atoms with Crippen LogP contribution < -0.4 is 15.0 Å². The van der Waals surface area contributed by atoms with Crippen LogP contribution in [-0.2, 0) is 9.59 Å². The van der Waals surface area contributed by atoms with E-state index in [1.807, 2.05) is 48.0 Å². The largest absolute Gasteiger partial charge is 0.439 e. The molecule has 2 aromatic carbocycles. The van der Waals surface area contributed by atoms with Gasteiger partial charge in [-0.1, -0.05) is 18.2 Å². The maximum Gasteiger partial charge on any atom is 0.229 e. The van der Waals surface area contributed by atoms with Gasteiger partial charge in [0, 0.05) is 42.8 Å². The van der Waals surface area contributed by atoms with E-state index in [0.717, 1.165) is 11.5 Å². The van der Waals surface area contributed by atoms with Gasteiger partial charge in [-0.05, 0) is 43.3 Å². The Morgan fingerprint density at radius 2 is 1.85 bits per heavy atom. The topological polar surface area (TPSA) is 102 Å². The Morgan fingerprint density at radius 1 is 1.06 bits per heavy atom. The van der Waals surface area contributed by atoms with Gasteiger partial charge in [0.2, 0.25) is 17.7 Å². The molecule has 0 saturated carbocycles. The van der Waals surface area contributed by atoms with Crippen LogP contribution in [0.3, 0.4) is 0 Å². The number of hydrogen-bond donors (Lipinski definition) is 1. The van der Waals surface area contributed by atoms with Gasteiger partial charge >= 0.3 is 0 Å². The number of ether oxygens (including phenoxy) is 1. The van der Waals surface area contributed by atoms with Crippen molar-refractivity contribution in [1.29, 1.82) is 0 Å². The van der Waals surface area contributed by atoms with E-state index in [4.69, 9.17) is 4.74 Å². The predicted octanol–water partition coefficient (Wildman–Crippen LogP) is 3.75. The number of aromatic nitrogens is 4. The van der Waals surface area contributed by atoms with E-state index >= 15 is 0 Å². The van der Waals surface area contributed by atoms with Crippen molar-refractivity contribution in [2.75, 3.05) is 16.8 Å². The van der Waals surface area contributed by atoms with Crippen molar-refractivity contribution < 1.29 is 14.3 Å². The summed E-state index contributed by atoms with van der Waals surface area (Å²) in [5, 5.41) is 2.89. The summed E-state index contributed by atoms with van der Waals surface area (Å²) in [5.74, 6) is 1.77. The molecule has 1 N–H and O–H groups in total. The second kappa shape index (κ2) is 9.14. The second-order valence-corrected chi connectivity index (χ2v) is 7.92. The molecule has 1 aliphatic heterocycles. The number of hydrogen-bond acceptors (Lipinski definition) is 6. The van der Waals surface area contributed by atoms with Gasteiger partial charge in [-0.25, -0.2) is 15.0 Å². The average molecular weight is 454 g/mol. The number of aryl methyl sites for hydroxylation is 1. The fourth-order valence-electron chi connectivity index (χ4n) is 3.85. The highest BCUT2D eigenvalue weighted by molar-refractivity contribution is 6.03. The molecule has 5 rings (SSSR count). The summed E-state index contributed by atoms with van der Waals surface area (Å²) in [6.45, 7) is 2.25. The smallest absolute Gasteiger partial charge is 0.229 e. The number of nitrogens with one attached hydrogen (secondary N) is 1. The Bertz CT molecular complexity index is 1320. The van der Waals surface area contributed by atoms with E-state index in [1.54, 1.807) is 41.4 Å². The Balaban J connectivity index is 1.21. The molecule has 0 radical (unpaired) electrons. The number of carbonyl (C=O) groups is 2.